The van der Waals surface area contributed by atoms with Crippen LogP contribution < -0.4 is 10.6 Å². The highest BCUT2D eigenvalue weighted by Crippen LogP contribution is 2.14. The van der Waals surface area contributed by atoms with Crippen molar-refractivity contribution < 1.29 is 22.5 Å². The van der Waals surface area contributed by atoms with Gasteiger partial charge in [0.2, 0.25) is 0 Å². The highest BCUT2D eigenvalue weighted by atomic mass is 32.2. The van der Waals surface area contributed by atoms with E-state index in [9.17, 15) is 18.0 Å². The predicted molar refractivity (Wildman–Crippen MR) is 121 cm³/mol. The molecule has 0 aliphatic rings. The van der Waals surface area contributed by atoms with Gasteiger partial charge in [-0.05, 0) is 43.3 Å². The van der Waals surface area contributed by atoms with Gasteiger partial charge in [0.05, 0.1) is 16.8 Å². The molecule has 3 heterocycles. The number of nitrogens with one attached hydrogen (secondary N) is 2. The highest BCUT2D eigenvalue weighted by molar-refractivity contribution is 7.90. The molecule has 4 rings (SSSR count). The van der Waals surface area contributed by atoms with Crippen LogP contribution >= 0.6 is 0 Å². The summed E-state index contributed by atoms with van der Waals surface area (Å²) in [4.78, 5) is 29.2. The molecule has 0 aliphatic carbocycles. The minimum Gasteiger partial charge on any atom is -0.360 e. The quantitative estimate of drug-likeness (QED) is 0.409. The fourth-order valence-electron chi connectivity index (χ4n) is 3.00. The lowest BCUT2D eigenvalue weighted by molar-refractivity contribution is 0.0945. The van der Waals surface area contributed by atoms with Gasteiger partial charge >= 0.3 is 0 Å². The Morgan fingerprint density at radius 1 is 1.06 bits per heavy atom. The van der Waals surface area contributed by atoms with Crippen molar-refractivity contribution in [2.24, 2.45) is 0 Å². The summed E-state index contributed by atoms with van der Waals surface area (Å²) in [6.07, 6.45) is 4.44. The van der Waals surface area contributed by atoms with Gasteiger partial charge in [0.25, 0.3) is 11.8 Å². The SMILES string of the molecule is Cc1cc(NC(=O)c2cccc(C(=O)NCc3cnn(-c4ccc(S(C)(=O)=O)cc4)c3)n2)no1. The summed E-state index contributed by atoms with van der Waals surface area (Å²) in [5, 5.41) is 13.2. The van der Waals surface area contributed by atoms with Crippen LogP contribution in [0.4, 0.5) is 5.82 Å². The molecule has 0 fully saturated rings. The first-order valence-electron chi connectivity index (χ1n) is 10.0. The van der Waals surface area contributed by atoms with Gasteiger partial charge in [-0.1, -0.05) is 11.2 Å². The second kappa shape index (κ2) is 9.27. The lowest BCUT2D eigenvalue weighted by atomic mass is 10.2. The van der Waals surface area contributed by atoms with E-state index in [4.69, 9.17) is 4.52 Å². The number of carbonyl (C=O) groups is 2. The molecule has 0 spiro atoms. The summed E-state index contributed by atoms with van der Waals surface area (Å²) in [5.74, 6) is -0.184. The summed E-state index contributed by atoms with van der Waals surface area (Å²) in [7, 11) is -3.28. The smallest absolute Gasteiger partial charge is 0.275 e. The van der Waals surface area contributed by atoms with Crippen LogP contribution in [0, 0.1) is 6.92 Å². The Balaban J connectivity index is 1.38. The molecular formula is C22H20N6O5S. The molecule has 0 unspecified atom stereocenters. The number of carbonyl (C=O) groups excluding carboxylic acids is 2. The van der Waals surface area contributed by atoms with Gasteiger partial charge in [0.1, 0.15) is 17.1 Å². The first-order valence-corrected chi connectivity index (χ1v) is 11.9. The molecule has 2 N–H and O–H groups in total. The first-order chi connectivity index (χ1) is 16.2. The van der Waals surface area contributed by atoms with Crippen LogP contribution in [0.15, 0.2) is 70.3 Å². The van der Waals surface area contributed by atoms with Crippen molar-refractivity contribution >= 4 is 27.5 Å². The van der Waals surface area contributed by atoms with Gasteiger partial charge in [-0.15, -0.1) is 0 Å². The van der Waals surface area contributed by atoms with Crippen molar-refractivity contribution in [1.82, 2.24) is 25.2 Å². The lowest BCUT2D eigenvalue weighted by Gasteiger charge is -2.05. The van der Waals surface area contributed by atoms with E-state index >= 15 is 0 Å². The van der Waals surface area contributed by atoms with E-state index in [1.165, 1.54) is 24.3 Å². The number of sulfone groups is 1. The van der Waals surface area contributed by atoms with Gasteiger partial charge in [-0.2, -0.15) is 5.10 Å². The number of benzene rings is 1. The maximum absolute atomic E-state index is 12.5. The summed E-state index contributed by atoms with van der Waals surface area (Å²) in [6, 6.07) is 12.4. The number of pyridine rings is 1. The number of hydrogen-bond donors (Lipinski definition) is 2. The highest BCUT2D eigenvalue weighted by Gasteiger charge is 2.14. The second-order valence-electron chi connectivity index (χ2n) is 7.43. The van der Waals surface area contributed by atoms with E-state index in [1.54, 1.807) is 48.3 Å². The molecule has 0 bridgehead atoms. The molecule has 0 aliphatic heterocycles. The summed E-state index contributed by atoms with van der Waals surface area (Å²) < 4.78 is 29.7. The molecule has 3 aromatic heterocycles. The Morgan fingerprint density at radius 3 is 2.41 bits per heavy atom. The lowest BCUT2D eigenvalue weighted by Crippen LogP contribution is -2.25. The van der Waals surface area contributed by atoms with E-state index in [1.807, 2.05) is 0 Å². The summed E-state index contributed by atoms with van der Waals surface area (Å²) in [5.41, 5.74) is 1.52. The van der Waals surface area contributed by atoms with Gasteiger partial charge in [-0.25, -0.2) is 18.1 Å². The van der Waals surface area contributed by atoms with E-state index in [2.05, 4.69) is 25.9 Å². The van der Waals surface area contributed by atoms with Gasteiger partial charge in [-0.3, -0.25) is 9.59 Å². The van der Waals surface area contributed by atoms with Crippen molar-refractivity contribution in [3.63, 3.8) is 0 Å². The standard InChI is InChI=1S/C22H20N6O5S/c1-14-10-20(27-33-14)26-22(30)19-5-3-4-18(25-19)21(29)23-11-15-12-24-28(13-15)16-6-8-17(9-7-16)34(2,31)32/h3-10,12-13H,11H2,1-2H3,(H,23,29)(H,26,27,30). The number of nitrogens with zero attached hydrogens (tertiary/aromatic N) is 4. The minimum atomic E-state index is -3.28. The molecule has 2 amide bonds. The molecule has 0 radical (unpaired) electrons. The Labute approximate surface area is 194 Å². The normalized spacial score (nSPS) is 11.2. The Bertz CT molecular complexity index is 1460. The number of amides is 2. The maximum atomic E-state index is 12.5. The minimum absolute atomic E-state index is 0.0543. The van der Waals surface area contributed by atoms with Crippen LogP contribution in [0.2, 0.25) is 0 Å². The molecule has 11 nitrogen and oxygen atoms in total. The molecule has 0 atom stereocenters. The van der Waals surface area contributed by atoms with Crippen LogP contribution in [0.5, 0.6) is 0 Å². The third-order valence-corrected chi connectivity index (χ3v) is 5.83. The van der Waals surface area contributed by atoms with E-state index < -0.39 is 21.7 Å². The van der Waals surface area contributed by atoms with Crippen molar-refractivity contribution in [1.29, 1.82) is 0 Å². The fourth-order valence-corrected chi connectivity index (χ4v) is 3.64. The van der Waals surface area contributed by atoms with Crippen LogP contribution in [-0.4, -0.2) is 46.4 Å². The molecule has 4 aromatic rings. The molecular weight excluding hydrogens is 460 g/mol. The topological polar surface area (TPSA) is 149 Å². The van der Waals surface area contributed by atoms with Gasteiger partial charge in [0.15, 0.2) is 15.7 Å². The van der Waals surface area contributed by atoms with Crippen LogP contribution in [-0.2, 0) is 16.4 Å². The maximum Gasteiger partial charge on any atom is 0.275 e. The van der Waals surface area contributed by atoms with Crippen molar-refractivity contribution in [2.45, 2.75) is 18.4 Å². The average Bonchev–Trinajstić information content (AvgIpc) is 3.46. The molecule has 34 heavy (non-hydrogen) atoms. The predicted octanol–water partition coefficient (Wildman–Crippen LogP) is 2.15. The first kappa shape index (κ1) is 22.9. The Kier molecular flexibility index (Phi) is 6.23. The van der Waals surface area contributed by atoms with Crippen molar-refractivity contribution in [3.05, 3.63) is 83.6 Å². The molecule has 12 heteroatoms. The second-order valence-corrected chi connectivity index (χ2v) is 9.44. The number of anilines is 1. The van der Waals surface area contributed by atoms with Crippen LogP contribution in [0.1, 0.15) is 32.3 Å². The Morgan fingerprint density at radius 2 is 1.76 bits per heavy atom. The molecule has 174 valence electrons. The summed E-state index contributed by atoms with van der Waals surface area (Å²) >= 11 is 0. The molecule has 0 saturated carbocycles. The van der Waals surface area contributed by atoms with Crippen LogP contribution in [0.25, 0.3) is 5.69 Å². The van der Waals surface area contributed by atoms with E-state index in [-0.39, 0.29) is 28.6 Å². The third-order valence-electron chi connectivity index (χ3n) is 4.70. The molecule has 0 saturated heterocycles. The number of rotatable bonds is 7. The average molecular weight is 481 g/mol. The van der Waals surface area contributed by atoms with Crippen LogP contribution in [0.3, 0.4) is 0 Å². The van der Waals surface area contributed by atoms with Crippen molar-refractivity contribution in [2.75, 3.05) is 11.6 Å². The number of aromatic nitrogens is 4. The zero-order valence-corrected chi connectivity index (χ0v) is 19.0. The monoisotopic (exact) mass is 480 g/mol. The largest absolute Gasteiger partial charge is 0.360 e. The summed E-state index contributed by atoms with van der Waals surface area (Å²) in [6.45, 7) is 1.88. The molecule has 1 aromatic carbocycles. The van der Waals surface area contributed by atoms with Gasteiger partial charge < -0.3 is 15.2 Å². The zero-order chi connectivity index (χ0) is 24.3. The van der Waals surface area contributed by atoms with Gasteiger partial charge in [0, 0.05) is 30.6 Å². The van der Waals surface area contributed by atoms with E-state index in [0.29, 0.717) is 11.4 Å². The third kappa shape index (κ3) is 5.35. The Hall–Kier alpha value is -4.32. The zero-order valence-electron chi connectivity index (χ0n) is 18.2. The number of hydrogen-bond acceptors (Lipinski definition) is 8. The number of aryl methyl sites for hydroxylation is 1. The van der Waals surface area contributed by atoms with Crippen molar-refractivity contribution in [3.8, 4) is 5.69 Å². The fraction of sp³-hybridized carbons (Fsp3) is 0.136. The van der Waals surface area contributed by atoms with E-state index in [0.717, 1.165) is 11.8 Å².